The summed E-state index contributed by atoms with van der Waals surface area (Å²) in [6.45, 7) is 0.529. The zero-order valence-electron chi connectivity index (χ0n) is 14.1. The molecule has 0 saturated heterocycles. The first-order chi connectivity index (χ1) is 12.7. The minimum Gasteiger partial charge on any atom is -0.489 e. The van der Waals surface area contributed by atoms with E-state index < -0.39 is 0 Å². The van der Waals surface area contributed by atoms with Gasteiger partial charge in [-0.1, -0.05) is 64.5 Å². The van der Waals surface area contributed by atoms with Crippen LogP contribution >= 0.6 is 15.9 Å². The fourth-order valence-corrected chi connectivity index (χ4v) is 3.34. The van der Waals surface area contributed by atoms with Crippen LogP contribution in [0.1, 0.15) is 27.0 Å². The lowest BCUT2D eigenvalue weighted by Crippen LogP contribution is -1.96. The molecule has 0 aliphatic heterocycles. The van der Waals surface area contributed by atoms with Gasteiger partial charge < -0.3 is 4.74 Å². The topological polar surface area (TPSA) is 26.3 Å². The zero-order chi connectivity index (χ0) is 17.9. The minimum atomic E-state index is 0.135. The Kier molecular flexibility index (Phi) is 4.72. The molecule has 0 N–H and O–H groups in total. The number of Topliss-reactive ketones (excluding diaryl/α,β-unsaturated/α-hetero) is 1. The Balaban J connectivity index is 1.43. The monoisotopic (exact) mass is 404 g/mol. The van der Waals surface area contributed by atoms with Crippen molar-refractivity contribution in [2.24, 2.45) is 0 Å². The Bertz CT molecular complexity index is 970. The summed E-state index contributed by atoms with van der Waals surface area (Å²) >= 11 is 3.43. The second-order valence-corrected chi connectivity index (χ2v) is 7.23. The van der Waals surface area contributed by atoms with E-state index in [4.69, 9.17) is 4.74 Å². The number of hydrogen-bond donors (Lipinski definition) is 0. The van der Waals surface area contributed by atoms with Crippen LogP contribution in [-0.2, 0) is 13.0 Å². The van der Waals surface area contributed by atoms with Crippen LogP contribution in [0, 0.1) is 0 Å². The Morgan fingerprint density at radius 1 is 0.923 bits per heavy atom. The average Bonchev–Trinajstić information content (AvgIpc) is 2.98. The number of fused-ring (bicyclic) bond motifs is 1. The number of ether oxygens (including phenoxy) is 1. The number of benzene rings is 3. The summed E-state index contributed by atoms with van der Waals surface area (Å²) in [4.78, 5) is 12.5. The molecule has 0 unspecified atom stereocenters. The van der Waals surface area contributed by atoms with E-state index in [0.29, 0.717) is 13.0 Å². The smallest absolute Gasteiger partial charge is 0.189 e. The van der Waals surface area contributed by atoms with E-state index in [9.17, 15) is 4.79 Å². The van der Waals surface area contributed by atoms with Gasteiger partial charge in [-0.2, -0.15) is 0 Å². The molecule has 2 nitrogen and oxygen atoms in total. The van der Waals surface area contributed by atoms with Crippen molar-refractivity contribution in [3.63, 3.8) is 0 Å². The Hall–Kier alpha value is -2.65. The lowest BCUT2D eigenvalue weighted by atomic mass is 10.1. The van der Waals surface area contributed by atoms with Crippen LogP contribution in [0.2, 0.25) is 0 Å². The minimum absolute atomic E-state index is 0.135. The van der Waals surface area contributed by atoms with E-state index >= 15 is 0 Å². The molecule has 0 fully saturated rings. The van der Waals surface area contributed by atoms with Gasteiger partial charge in [0.05, 0.1) is 0 Å². The fraction of sp³-hybridized carbons (Fsp3) is 0.0870. The molecule has 3 aromatic carbocycles. The van der Waals surface area contributed by atoms with Crippen LogP contribution in [0.25, 0.3) is 6.08 Å². The molecule has 0 radical (unpaired) electrons. The molecular weight excluding hydrogens is 388 g/mol. The van der Waals surface area contributed by atoms with Crippen LogP contribution in [0.3, 0.4) is 0 Å². The normalized spacial score (nSPS) is 14.5. The van der Waals surface area contributed by atoms with Crippen LogP contribution in [0.15, 0.2) is 82.8 Å². The first-order valence-corrected chi connectivity index (χ1v) is 9.29. The highest BCUT2D eigenvalue weighted by molar-refractivity contribution is 9.10. The number of carbonyl (C=O) groups excluding carboxylic acids is 1. The van der Waals surface area contributed by atoms with Crippen molar-refractivity contribution in [3.05, 3.63) is 105 Å². The predicted octanol–water partition coefficient (Wildman–Crippen LogP) is 5.85. The van der Waals surface area contributed by atoms with E-state index in [2.05, 4.69) is 15.9 Å². The molecule has 4 rings (SSSR count). The molecule has 128 valence electrons. The van der Waals surface area contributed by atoms with E-state index in [-0.39, 0.29) is 5.78 Å². The lowest BCUT2D eigenvalue weighted by Gasteiger charge is -2.07. The van der Waals surface area contributed by atoms with Crippen LogP contribution < -0.4 is 4.74 Å². The number of carbonyl (C=O) groups is 1. The third kappa shape index (κ3) is 3.63. The molecule has 1 aliphatic rings. The van der Waals surface area contributed by atoms with Crippen LogP contribution in [0.4, 0.5) is 0 Å². The highest BCUT2D eigenvalue weighted by atomic mass is 79.9. The maximum atomic E-state index is 12.5. The van der Waals surface area contributed by atoms with Crippen LogP contribution in [-0.4, -0.2) is 5.78 Å². The van der Waals surface area contributed by atoms with Gasteiger partial charge in [-0.25, -0.2) is 0 Å². The number of hydrogen-bond acceptors (Lipinski definition) is 2. The van der Waals surface area contributed by atoms with Gasteiger partial charge in [-0.3, -0.25) is 4.79 Å². The molecular formula is C23H17BrO2. The molecule has 3 heteroatoms. The largest absolute Gasteiger partial charge is 0.489 e. The third-order valence-corrected chi connectivity index (χ3v) is 5.00. The molecule has 0 atom stereocenters. The summed E-state index contributed by atoms with van der Waals surface area (Å²) in [6, 6.07) is 23.7. The first kappa shape index (κ1) is 16.8. The van der Waals surface area contributed by atoms with E-state index in [1.807, 2.05) is 78.9 Å². The Morgan fingerprint density at radius 2 is 1.65 bits per heavy atom. The first-order valence-electron chi connectivity index (χ1n) is 8.49. The summed E-state index contributed by atoms with van der Waals surface area (Å²) in [7, 11) is 0. The number of allylic oxidation sites excluding steroid dienone is 1. The van der Waals surface area contributed by atoms with Crippen molar-refractivity contribution in [1.29, 1.82) is 0 Å². The molecule has 0 saturated carbocycles. The molecule has 0 spiro atoms. The van der Waals surface area contributed by atoms with Gasteiger partial charge in [0.1, 0.15) is 12.4 Å². The summed E-state index contributed by atoms with van der Waals surface area (Å²) in [5.74, 6) is 0.951. The molecule has 0 bridgehead atoms. The van der Waals surface area contributed by atoms with Gasteiger partial charge in [-0.15, -0.1) is 0 Å². The van der Waals surface area contributed by atoms with Crippen molar-refractivity contribution in [3.8, 4) is 5.75 Å². The highest BCUT2D eigenvalue weighted by Crippen LogP contribution is 2.28. The Labute approximate surface area is 161 Å². The number of ketones is 1. The summed E-state index contributed by atoms with van der Waals surface area (Å²) in [5.41, 5.74) is 4.91. The zero-order valence-corrected chi connectivity index (χ0v) is 15.7. The summed E-state index contributed by atoms with van der Waals surface area (Å²) < 4.78 is 6.88. The van der Waals surface area contributed by atoms with Crippen molar-refractivity contribution in [1.82, 2.24) is 0 Å². The second kappa shape index (κ2) is 7.30. The summed E-state index contributed by atoms with van der Waals surface area (Å²) in [6.07, 6.45) is 2.68. The highest BCUT2D eigenvalue weighted by Gasteiger charge is 2.23. The van der Waals surface area contributed by atoms with Crippen molar-refractivity contribution in [2.45, 2.75) is 13.0 Å². The maximum Gasteiger partial charge on any atom is 0.189 e. The summed E-state index contributed by atoms with van der Waals surface area (Å²) in [5, 5.41) is 0. The Morgan fingerprint density at radius 3 is 2.38 bits per heavy atom. The SMILES string of the molecule is O=C1/C(=C/c2ccc(OCc3ccc(Br)cc3)cc2)Cc2ccccc21. The van der Waals surface area contributed by atoms with Gasteiger partial charge in [0, 0.05) is 22.0 Å². The molecule has 0 amide bonds. The average molecular weight is 405 g/mol. The van der Waals surface area contributed by atoms with Crippen molar-refractivity contribution in [2.75, 3.05) is 0 Å². The number of halogens is 1. The molecule has 0 heterocycles. The standard InChI is InChI=1S/C23H17BrO2/c24-20-9-5-17(6-10-20)15-26-21-11-7-16(8-12-21)13-19-14-18-3-1-2-4-22(18)23(19)25/h1-13H,14-15H2/b19-13+. The maximum absolute atomic E-state index is 12.5. The van der Waals surface area contributed by atoms with Crippen molar-refractivity contribution >= 4 is 27.8 Å². The van der Waals surface area contributed by atoms with Crippen molar-refractivity contribution < 1.29 is 9.53 Å². The van der Waals surface area contributed by atoms with E-state index in [1.54, 1.807) is 0 Å². The van der Waals surface area contributed by atoms with Crippen LogP contribution in [0.5, 0.6) is 5.75 Å². The van der Waals surface area contributed by atoms with E-state index in [1.165, 1.54) is 0 Å². The molecule has 3 aromatic rings. The molecule has 1 aliphatic carbocycles. The number of rotatable bonds is 4. The predicted molar refractivity (Wildman–Crippen MR) is 107 cm³/mol. The third-order valence-electron chi connectivity index (χ3n) is 4.47. The van der Waals surface area contributed by atoms with Gasteiger partial charge in [-0.05, 0) is 47.0 Å². The van der Waals surface area contributed by atoms with Gasteiger partial charge in [0.15, 0.2) is 5.78 Å². The van der Waals surface area contributed by atoms with Gasteiger partial charge in [0.2, 0.25) is 0 Å². The van der Waals surface area contributed by atoms with Gasteiger partial charge in [0.25, 0.3) is 0 Å². The fourth-order valence-electron chi connectivity index (χ4n) is 3.08. The molecule has 26 heavy (non-hydrogen) atoms. The quantitative estimate of drug-likeness (QED) is 0.509. The van der Waals surface area contributed by atoms with E-state index in [0.717, 1.165) is 38.0 Å². The second-order valence-electron chi connectivity index (χ2n) is 6.32. The lowest BCUT2D eigenvalue weighted by molar-refractivity contribution is 0.104. The molecule has 0 aromatic heterocycles. The van der Waals surface area contributed by atoms with Gasteiger partial charge >= 0.3 is 0 Å².